The van der Waals surface area contributed by atoms with Crippen molar-refractivity contribution in [1.82, 2.24) is 0 Å². The predicted molar refractivity (Wildman–Crippen MR) is 139 cm³/mol. The largest absolute Gasteiger partial charge is 0.508 e. The van der Waals surface area contributed by atoms with E-state index >= 15 is 0 Å². The van der Waals surface area contributed by atoms with Gasteiger partial charge in [-0.15, -0.1) is 0 Å². The van der Waals surface area contributed by atoms with Crippen molar-refractivity contribution in [3.8, 4) is 34.5 Å². The van der Waals surface area contributed by atoms with E-state index < -0.39 is 41.7 Å². The Morgan fingerprint density at radius 3 is 1.77 bits per heavy atom. The number of carbonyl (C=O) groups excluding carboxylic acids is 1. The standard InChI is InChI=1S/C30H26O9/c31-17-5-1-15(2-6-17)27(37)25-26(28(38)21-11-9-19(33)13-23(21)35)29(16-3-7-18(32)8-4-16)39-30(25)22-12-10-20(34)14-24(22)36/h1-14,25-27,29-37H/t25-,26+,27+,29+,30+/m1/s1. The summed E-state index contributed by atoms with van der Waals surface area (Å²) in [4.78, 5) is 14.1. The van der Waals surface area contributed by atoms with Crippen LogP contribution in [0.4, 0.5) is 0 Å². The maximum Gasteiger partial charge on any atom is 0.173 e. The average molecular weight is 531 g/mol. The molecule has 0 aliphatic carbocycles. The fourth-order valence-corrected chi connectivity index (χ4v) is 5.20. The van der Waals surface area contributed by atoms with Gasteiger partial charge in [-0.05, 0) is 59.7 Å². The smallest absolute Gasteiger partial charge is 0.173 e. The van der Waals surface area contributed by atoms with Crippen molar-refractivity contribution < 1.29 is 45.3 Å². The van der Waals surface area contributed by atoms with Crippen LogP contribution in [0.15, 0.2) is 84.9 Å². The molecule has 9 nitrogen and oxygen atoms in total. The Bertz CT molecular complexity index is 1500. The molecule has 0 amide bonds. The monoisotopic (exact) mass is 530 g/mol. The molecule has 1 aliphatic rings. The number of Topliss-reactive ketones (excluding diaryl/α,β-unsaturated/α-hetero) is 1. The molecule has 5 atom stereocenters. The number of rotatable bonds is 6. The van der Waals surface area contributed by atoms with Crippen molar-refractivity contribution in [2.75, 3.05) is 0 Å². The van der Waals surface area contributed by atoms with E-state index in [1.54, 1.807) is 12.1 Å². The lowest BCUT2D eigenvalue weighted by molar-refractivity contribution is 0.00365. The highest BCUT2D eigenvalue weighted by Gasteiger charge is 2.53. The predicted octanol–water partition coefficient (Wildman–Crippen LogP) is 4.58. The molecule has 9 heteroatoms. The van der Waals surface area contributed by atoms with Crippen LogP contribution in [0.3, 0.4) is 0 Å². The first kappa shape index (κ1) is 25.9. The molecule has 200 valence electrons. The quantitative estimate of drug-likeness (QED) is 0.176. The van der Waals surface area contributed by atoms with Crippen LogP contribution in [0, 0.1) is 11.8 Å². The van der Waals surface area contributed by atoms with Gasteiger partial charge in [-0.1, -0.05) is 24.3 Å². The van der Waals surface area contributed by atoms with E-state index in [1.165, 1.54) is 60.7 Å². The second kappa shape index (κ2) is 10.2. The molecule has 0 aromatic heterocycles. The molecule has 1 heterocycles. The van der Waals surface area contributed by atoms with E-state index in [1.807, 2.05) is 0 Å². The van der Waals surface area contributed by atoms with E-state index in [0.29, 0.717) is 11.1 Å². The molecular weight excluding hydrogens is 504 g/mol. The number of ketones is 1. The van der Waals surface area contributed by atoms with Crippen LogP contribution >= 0.6 is 0 Å². The third kappa shape index (κ3) is 4.93. The lowest BCUT2D eigenvalue weighted by Gasteiger charge is -2.29. The maximum absolute atomic E-state index is 14.1. The number of aliphatic hydroxyl groups excluding tert-OH is 1. The zero-order valence-electron chi connectivity index (χ0n) is 20.4. The zero-order valence-corrected chi connectivity index (χ0v) is 20.4. The lowest BCUT2D eigenvalue weighted by atomic mass is 9.74. The van der Waals surface area contributed by atoms with E-state index in [-0.39, 0.29) is 39.9 Å². The van der Waals surface area contributed by atoms with Gasteiger partial charge in [0.1, 0.15) is 34.5 Å². The molecule has 4 aromatic rings. The Morgan fingerprint density at radius 1 is 0.641 bits per heavy atom. The summed E-state index contributed by atoms with van der Waals surface area (Å²) in [7, 11) is 0. The summed E-state index contributed by atoms with van der Waals surface area (Å²) in [5, 5.41) is 72.2. The minimum Gasteiger partial charge on any atom is -0.508 e. The van der Waals surface area contributed by atoms with Crippen LogP contribution in [0.1, 0.15) is 45.4 Å². The average Bonchev–Trinajstić information content (AvgIpc) is 3.29. The summed E-state index contributed by atoms with van der Waals surface area (Å²) in [6.45, 7) is 0. The highest BCUT2D eigenvalue weighted by molar-refractivity contribution is 6.01. The van der Waals surface area contributed by atoms with Gasteiger partial charge in [0.15, 0.2) is 5.78 Å². The molecule has 1 aliphatic heterocycles. The van der Waals surface area contributed by atoms with Gasteiger partial charge in [-0.3, -0.25) is 4.79 Å². The molecule has 39 heavy (non-hydrogen) atoms. The third-order valence-corrected chi connectivity index (χ3v) is 7.07. The summed E-state index contributed by atoms with van der Waals surface area (Å²) in [6, 6.07) is 19.2. The SMILES string of the molecule is O=C(c1ccc(O)cc1O)[C@@H]1[C@H]([C@@H](O)c2ccc(O)cc2)[C@H](c2ccc(O)cc2O)O[C@H]1c1ccc(O)cc1. The first-order valence-corrected chi connectivity index (χ1v) is 12.1. The molecule has 0 spiro atoms. The van der Waals surface area contributed by atoms with Gasteiger partial charge < -0.3 is 40.5 Å². The first-order chi connectivity index (χ1) is 18.6. The third-order valence-electron chi connectivity index (χ3n) is 7.07. The van der Waals surface area contributed by atoms with Crippen LogP contribution in [-0.4, -0.2) is 41.5 Å². The first-order valence-electron chi connectivity index (χ1n) is 12.1. The van der Waals surface area contributed by atoms with Gasteiger partial charge in [0, 0.05) is 23.6 Å². The number of aliphatic hydroxyl groups is 1. The summed E-state index contributed by atoms with van der Waals surface area (Å²) in [5.41, 5.74) is 0.963. The molecular formula is C30H26O9. The topological polar surface area (TPSA) is 168 Å². The normalized spacial score (nSPS) is 21.5. The maximum atomic E-state index is 14.1. The van der Waals surface area contributed by atoms with Crippen LogP contribution in [0.25, 0.3) is 0 Å². The van der Waals surface area contributed by atoms with Crippen molar-refractivity contribution >= 4 is 5.78 Å². The van der Waals surface area contributed by atoms with Crippen LogP contribution in [0.2, 0.25) is 0 Å². The van der Waals surface area contributed by atoms with Crippen molar-refractivity contribution in [3.63, 3.8) is 0 Å². The van der Waals surface area contributed by atoms with Gasteiger partial charge >= 0.3 is 0 Å². The number of phenolic OH excluding ortho intramolecular Hbond substituents is 6. The number of aromatic hydroxyl groups is 6. The number of hydrogen-bond acceptors (Lipinski definition) is 9. The van der Waals surface area contributed by atoms with Gasteiger partial charge in [0.05, 0.1) is 29.8 Å². The van der Waals surface area contributed by atoms with E-state index in [0.717, 1.165) is 12.1 Å². The Labute approximate surface area is 223 Å². The number of hydrogen-bond donors (Lipinski definition) is 7. The zero-order chi connectivity index (χ0) is 27.8. The molecule has 5 rings (SSSR count). The van der Waals surface area contributed by atoms with E-state index in [2.05, 4.69) is 0 Å². The van der Waals surface area contributed by atoms with Gasteiger partial charge in [-0.25, -0.2) is 0 Å². The van der Waals surface area contributed by atoms with E-state index in [4.69, 9.17) is 4.74 Å². The van der Waals surface area contributed by atoms with Gasteiger partial charge in [0.2, 0.25) is 0 Å². The Morgan fingerprint density at radius 2 is 1.18 bits per heavy atom. The minimum atomic E-state index is -1.35. The lowest BCUT2D eigenvalue weighted by Crippen LogP contribution is -2.30. The molecule has 4 aromatic carbocycles. The Hall–Kier alpha value is -4.73. The molecule has 0 saturated carbocycles. The molecule has 0 bridgehead atoms. The fourth-order valence-electron chi connectivity index (χ4n) is 5.20. The number of carbonyl (C=O) groups is 1. The molecule has 0 radical (unpaired) electrons. The highest BCUT2D eigenvalue weighted by atomic mass is 16.5. The second-order valence-electron chi connectivity index (χ2n) is 9.52. The van der Waals surface area contributed by atoms with Crippen LogP contribution in [0.5, 0.6) is 34.5 Å². The molecule has 7 N–H and O–H groups in total. The molecule has 1 saturated heterocycles. The molecule has 1 fully saturated rings. The van der Waals surface area contributed by atoms with Crippen molar-refractivity contribution in [3.05, 3.63) is 107 Å². The van der Waals surface area contributed by atoms with Gasteiger partial charge in [0.25, 0.3) is 0 Å². The number of ether oxygens (including phenoxy) is 1. The molecule has 0 unspecified atom stereocenters. The Balaban J connectivity index is 1.70. The number of phenols is 6. The van der Waals surface area contributed by atoms with Crippen molar-refractivity contribution in [2.45, 2.75) is 18.3 Å². The van der Waals surface area contributed by atoms with Gasteiger partial charge in [-0.2, -0.15) is 0 Å². The van der Waals surface area contributed by atoms with Crippen molar-refractivity contribution in [2.24, 2.45) is 11.8 Å². The number of benzene rings is 4. The second-order valence-corrected chi connectivity index (χ2v) is 9.52. The Kier molecular flexibility index (Phi) is 6.78. The highest BCUT2D eigenvalue weighted by Crippen LogP contribution is 2.56. The summed E-state index contributed by atoms with van der Waals surface area (Å²) in [6.07, 6.45) is -3.41. The van der Waals surface area contributed by atoms with E-state index in [9.17, 15) is 40.5 Å². The summed E-state index contributed by atoms with van der Waals surface area (Å²) < 4.78 is 6.41. The summed E-state index contributed by atoms with van der Waals surface area (Å²) >= 11 is 0. The fraction of sp³-hybridized carbons (Fsp3) is 0.167. The van der Waals surface area contributed by atoms with Crippen LogP contribution < -0.4 is 0 Å². The minimum absolute atomic E-state index is 0.00999. The van der Waals surface area contributed by atoms with Crippen LogP contribution in [-0.2, 0) is 4.74 Å². The van der Waals surface area contributed by atoms with Crippen molar-refractivity contribution in [1.29, 1.82) is 0 Å². The summed E-state index contributed by atoms with van der Waals surface area (Å²) in [5.74, 6) is -4.00.